The van der Waals surface area contributed by atoms with E-state index in [1.165, 1.54) is 34.2 Å². The van der Waals surface area contributed by atoms with E-state index in [9.17, 15) is 17.6 Å². The van der Waals surface area contributed by atoms with Crippen LogP contribution in [-0.4, -0.2) is 24.3 Å². The molecule has 178 valence electrons. The lowest BCUT2D eigenvalue weighted by Gasteiger charge is -2.07. The summed E-state index contributed by atoms with van der Waals surface area (Å²) >= 11 is 1.18. The Morgan fingerprint density at radius 1 is 0.971 bits per heavy atom. The maximum atomic E-state index is 14.2. The van der Waals surface area contributed by atoms with E-state index < -0.39 is 18.2 Å². The molecule has 5 rings (SSSR count). The van der Waals surface area contributed by atoms with Gasteiger partial charge in [-0.2, -0.15) is 13.9 Å². The predicted octanol–water partition coefficient (Wildman–Crippen LogP) is 5.94. The Morgan fingerprint density at radius 2 is 1.77 bits per heavy atom. The molecule has 0 aliphatic carbocycles. The maximum absolute atomic E-state index is 14.2. The Labute approximate surface area is 200 Å². The van der Waals surface area contributed by atoms with E-state index in [-0.39, 0.29) is 18.2 Å². The Hall–Kier alpha value is -4.12. The SMILES string of the molecule is Fc1ccc(N=c2scc(-c3ccc(OC(F)F)cc3)n2/N=C/c2ccc3c(c2)OCO3)c(F)c1. The number of thiazole rings is 1. The highest BCUT2D eigenvalue weighted by molar-refractivity contribution is 7.07. The van der Waals surface area contributed by atoms with Gasteiger partial charge in [0.1, 0.15) is 17.3 Å². The van der Waals surface area contributed by atoms with Gasteiger partial charge in [-0.15, -0.1) is 11.3 Å². The lowest BCUT2D eigenvalue weighted by Crippen LogP contribution is -2.11. The summed E-state index contributed by atoms with van der Waals surface area (Å²) < 4.78 is 69.1. The molecule has 0 N–H and O–H groups in total. The molecule has 1 aliphatic rings. The lowest BCUT2D eigenvalue weighted by atomic mass is 10.2. The molecule has 1 aliphatic heterocycles. The molecule has 0 saturated carbocycles. The average molecular weight is 501 g/mol. The summed E-state index contributed by atoms with van der Waals surface area (Å²) in [6.07, 6.45) is 1.56. The number of rotatable bonds is 6. The van der Waals surface area contributed by atoms with Crippen LogP contribution in [0.4, 0.5) is 23.2 Å². The van der Waals surface area contributed by atoms with E-state index in [4.69, 9.17) is 9.47 Å². The van der Waals surface area contributed by atoms with Gasteiger partial charge in [0.2, 0.25) is 11.6 Å². The van der Waals surface area contributed by atoms with Gasteiger partial charge >= 0.3 is 6.61 Å². The van der Waals surface area contributed by atoms with Crippen molar-refractivity contribution in [1.82, 2.24) is 4.68 Å². The second-order valence-electron chi connectivity index (χ2n) is 7.18. The molecular formula is C24H15F4N3O3S. The first-order chi connectivity index (χ1) is 17.0. The van der Waals surface area contributed by atoms with Crippen molar-refractivity contribution in [2.24, 2.45) is 10.1 Å². The lowest BCUT2D eigenvalue weighted by molar-refractivity contribution is -0.0498. The highest BCUT2D eigenvalue weighted by Gasteiger charge is 2.14. The fourth-order valence-electron chi connectivity index (χ4n) is 3.29. The highest BCUT2D eigenvalue weighted by atomic mass is 32.1. The van der Waals surface area contributed by atoms with Gasteiger partial charge in [0.15, 0.2) is 17.3 Å². The zero-order valence-electron chi connectivity index (χ0n) is 17.7. The third kappa shape index (κ3) is 5.04. The van der Waals surface area contributed by atoms with E-state index in [1.54, 1.807) is 41.9 Å². The molecule has 4 aromatic rings. The quantitative estimate of drug-likeness (QED) is 0.243. The Kier molecular flexibility index (Phi) is 6.23. The van der Waals surface area contributed by atoms with E-state index in [0.29, 0.717) is 33.1 Å². The Morgan fingerprint density at radius 3 is 2.54 bits per heavy atom. The summed E-state index contributed by atoms with van der Waals surface area (Å²) in [6, 6.07) is 14.4. The minimum absolute atomic E-state index is 0.00712. The monoisotopic (exact) mass is 501 g/mol. The molecule has 0 amide bonds. The van der Waals surface area contributed by atoms with Crippen LogP contribution in [0, 0.1) is 11.6 Å². The van der Waals surface area contributed by atoms with Gasteiger partial charge in [0.25, 0.3) is 0 Å². The summed E-state index contributed by atoms with van der Waals surface area (Å²) in [7, 11) is 0. The average Bonchev–Trinajstić information content (AvgIpc) is 3.46. The molecule has 0 fully saturated rings. The van der Waals surface area contributed by atoms with Crippen LogP contribution in [0.5, 0.6) is 17.2 Å². The van der Waals surface area contributed by atoms with Gasteiger partial charge in [-0.25, -0.2) is 18.4 Å². The molecule has 0 radical (unpaired) electrons. The van der Waals surface area contributed by atoms with E-state index in [2.05, 4.69) is 14.8 Å². The van der Waals surface area contributed by atoms with Crippen molar-refractivity contribution in [2.75, 3.05) is 6.79 Å². The Balaban J connectivity index is 1.57. The van der Waals surface area contributed by atoms with Gasteiger partial charge in [-0.1, -0.05) is 0 Å². The van der Waals surface area contributed by atoms with Gasteiger partial charge < -0.3 is 14.2 Å². The summed E-state index contributed by atoms with van der Waals surface area (Å²) in [6.45, 7) is -2.80. The number of hydrogen-bond donors (Lipinski definition) is 0. The minimum Gasteiger partial charge on any atom is -0.454 e. The first-order valence-corrected chi connectivity index (χ1v) is 11.0. The molecular weight excluding hydrogens is 486 g/mol. The van der Waals surface area contributed by atoms with Crippen LogP contribution in [0.15, 0.2) is 76.1 Å². The number of halogens is 4. The van der Waals surface area contributed by atoms with Crippen molar-refractivity contribution in [3.63, 3.8) is 0 Å². The van der Waals surface area contributed by atoms with Crippen molar-refractivity contribution in [3.05, 3.63) is 88.0 Å². The summed E-state index contributed by atoms with van der Waals surface area (Å²) in [5.41, 5.74) is 1.84. The second kappa shape index (κ2) is 9.63. The van der Waals surface area contributed by atoms with E-state index >= 15 is 0 Å². The van der Waals surface area contributed by atoms with Gasteiger partial charge in [-0.05, 0) is 60.2 Å². The van der Waals surface area contributed by atoms with Crippen molar-refractivity contribution in [2.45, 2.75) is 6.61 Å². The standard InChI is InChI=1S/C24H15F4N3O3S/c25-16-4-7-19(18(26)10-16)30-24-31(29-11-14-1-8-21-22(9-14)33-13-32-21)20(12-35-24)15-2-5-17(6-3-15)34-23(27)28/h1-12,23H,13H2/b29-11+,30-24?. The minimum atomic E-state index is -2.94. The topological polar surface area (TPSA) is 57.3 Å². The fraction of sp³-hybridized carbons (Fsp3) is 0.0833. The van der Waals surface area contributed by atoms with Crippen LogP contribution in [0.25, 0.3) is 11.3 Å². The fourth-order valence-corrected chi connectivity index (χ4v) is 4.14. The van der Waals surface area contributed by atoms with Crippen molar-refractivity contribution < 1.29 is 31.8 Å². The molecule has 11 heteroatoms. The van der Waals surface area contributed by atoms with Crippen molar-refractivity contribution in [1.29, 1.82) is 0 Å². The second-order valence-corrected chi connectivity index (χ2v) is 8.02. The highest BCUT2D eigenvalue weighted by Crippen LogP contribution is 2.32. The van der Waals surface area contributed by atoms with E-state index in [0.717, 1.165) is 12.1 Å². The number of aromatic nitrogens is 1. The molecule has 6 nitrogen and oxygen atoms in total. The molecule has 0 saturated heterocycles. The summed E-state index contributed by atoms with van der Waals surface area (Å²) in [5.74, 6) is -0.322. The summed E-state index contributed by atoms with van der Waals surface area (Å²) in [5, 5.41) is 6.25. The zero-order valence-corrected chi connectivity index (χ0v) is 18.5. The van der Waals surface area contributed by atoms with E-state index in [1.807, 2.05) is 0 Å². The molecule has 3 aromatic carbocycles. The van der Waals surface area contributed by atoms with Crippen LogP contribution in [-0.2, 0) is 0 Å². The van der Waals surface area contributed by atoms with Crippen LogP contribution in [0.1, 0.15) is 5.56 Å². The molecule has 2 heterocycles. The first-order valence-electron chi connectivity index (χ1n) is 10.2. The number of ether oxygens (including phenoxy) is 3. The third-order valence-corrected chi connectivity index (χ3v) is 5.72. The predicted molar refractivity (Wildman–Crippen MR) is 122 cm³/mol. The smallest absolute Gasteiger partial charge is 0.387 e. The normalized spacial score (nSPS) is 13.2. The molecule has 35 heavy (non-hydrogen) atoms. The van der Waals surface area contributed by atoms with Crippen molar-refractivity contribution in [3.8, 4) is 28.5 Å². The number of hydrogen-bond acceptors (Lipinski definition) is 6. The molecule has 0 bridgehead atoms. The largest absolute Gasteiger partial charge is 0.454 e. The van der Waals surface area contributed by atoms with Crippen LogP contribution >= 0.6 is 11.3 Å². The third-order valence-electron chi connectivity index (χ3n) is 4.91. The molecule has 0 unspecified atom stereocenters. The van der Waals surface area contributed by atoms with Crippen LogP contribution in [0.3, 0.4) is 0 Å². The summed E-state index contributed by atoms with van der Waals surface area (Å²) in [4.78, 5) is 4.61. The first kappa shape index (κ1) is 22.7. The van der Waals surface area contributed by atoms with Crippen LogP contribution in [0.2, 0.25) is 0 Å². The number of benzene rings is 3. The zero-order chi connectivity index (χ0) is 24.4. The van der Waals surface area contributed by atoms with Gasteiger partial charge in [0, 0.05) is 17.0 Å². The van der Waals surface area contributed by atoms with Gasteiger partial charge in [0.05, 0.1) is 11.9 Å². The number of fused-ring (bicyclic) bond motifs is 1. The molecule has 0 atom stereocenters. The number of alkyl halides is 2. The van der Waals surface area contributed by atoms with Gasteiger partial charge in [-0.3, -0.25) is 0 Å². The van der Waals surface area contributed by atoms with Crippen LogP contribution < -0.4 is 19.0 Å². The number of nitrogens with zero attached hydrogens (tertiary/aromatic N) is 3. The maximum Gasteiger partial charge on any atom is 0.387 e. The van der Waals surface area contributed by atoms with Crippen molar-refractivity contribution >= 4 is 23.2 Å². The Bertz CT molecular complexity index is 1470. The molecule has 1 aromatic heterocycles. The molecule has 0 spiro atoms.